The van der Waals surface area contributed by atoms with Crippen LogP contribution in [-0.2, 0) is 0 Å². The van der Waals surface area contributed by atoms with E-state index in [1.165, 1.54) is 32.6 Å². The van der Waals surface area contributed by atoms with E-state index >= 15 is 0 Å². The van der Waals surface area contributed by atoms with E-state index in [1.807, 2.05) is 18.3 Å². The summed E-state index contributed by atoms with van der Waals surface area (Å²) in [5.74, 6) is 0. The van der Waals surface area contributed by atoms with Crippen molar-refractivity contribution >= 4 is 24.0 Å². The number of benzene rings is 3. The van der Waals surface area contributed by atoms with Crippen molar-refractivity contribution in [2.75, 3.05) is 0 Å². The number of rotatable bonds is 4. The van der Waals surface area contributed by atoms with Crippen molar-refractivity contribution in [3.63, 3.8) is 0 Å². The molecule has 0 aliphatic heterocycles. The molecule has 0 aliphatic carbocycles. The Hall–Kier alpha value is -3.56. The van der Waals surface area contributed by atoms with Crippen molar-refractivity contribution in [1.29, 1.82) is 0 Å². The second-order valence-corrected chi connectivity index (χ2v) is 14.3. The average molecular weight is 431 g/mol. The van der Waals surface area contributed by atoms with Crippen LogP contribution in [0, 0.1) is 0 Å². The van der Waals surface area contributed by atoms with Crippen LogP contribution in [0.25, 0.3) is 44.3 Å². The maximum absolute atomic E-state index is 4.66. The van der Waals surface area contributed by atoms with Gasteiger partial charge >= 0.3 is 0 Å². The number of hydrogen-bond acceptors (Lipinski definition) is 2. The van der Waals surface area contributed by atoms with Crippen LogP contribution in [0.4, 0.5) is 0 Å². The van der Waals surface area contributed by atoms with Crippen LogP contribution in [0.3, 0.4) is 0 Å². The second-order valence-electron chi connectivity index (χ2n) is 9.27. The molecule has 0 atom stereocenters. The molecule has 3 aromatic carbocycles. The quantitative estimate of drug-likeness (QED) is 0.282. The van der Waals surface area contributed by atoms with Crippen LogP contribution >= 0.6 is 0 Å². The highest BCUT2D eigenvalue weighted by Gasteiger charge is 2.15. The monoisotopic (exact) mass is 430 g/mol. The van der Waals surface area contributed by atoms with Gasteiger partial charge in [-0.25, -0.2) is 0 Å². The maximum Gasteiger partial charge on any atom is 0.0775 e. The van der Waals surface area contributed by atoms with Gasteiger partial charge in [0.05, 0.1) is 13.8 Å². The fourth-order valence-corrected chi connectivity index (χ4v) is 5.19. The Morgan fingerprint density at radius 3 is 1.66 bits per heavy atom. The molecule has 32 heavy (non-hydrogen) atoms. The normalized spacial score (nSPS) is 11.6. The third-order valence-electron chi connectivity index (χ3n) is 6.00. The molecule has 0 fully saturated rings. The van der Waals surface area contributed by atoms with Crippen molar-refractivity contribution in [3.8, 4) is 33.5 Å². The number of aromatic nitrogens is 2. The molecule has 5 aromatic rings. The zero-order valence-electron chi connectivity index (χ0n) is 18.7. The lowest BCUT2D eigenvalue weighted by molar-refractivity contribution is 1.29. The summed E-state index contributed by atoms with van der Waals surface area (Å²) in [4.78, 5) is 8.74. The van der Waals surface area contributed by atoms with Crippen LogP contribution in [0.5, 0.6) is 0 Å². The zero-order valence-corrected chi connectivity index (χ0v) is 19.7. The van der Waals surface area contributed by atoms with Crippen LogP contribution in [0.15, 0.2) is 104 Å². The minimum atomic E-state index is -1.27. The van der Waals surface area contributed by atoms with Crippen molar-refractivity contribution in [1.82, 2.24) is 9.97 Å². The van der Waals surface area contributed by atoms with Crippen LogP contribution in [-0.4, -0.2) is 18.0 Å². The zero-order chi connectivity index (χ0) is 22.1. The minimum absolute atomic E-state index is 0.960. The van der Waals surface area contributed by atoms with Gasteiger partial charge in [0, 0.05) is 29.7 Å². The Labute approximate surface area is 190 Å². The highest BCUT2D eigenvalue weighted by atomic mass is 28.3. The number of fused-ring (bicyclic) bond motifs is 1. The Morgan fingerprint density at radius 2 is 1.09 bits per heavy atom. The van der Waals surface area contributed by atoms with Gasteiger partial charge in [-0.1, -0.05) is 79.4 Å². The van der Waals surface area contributed by atoms with Gasteiger partial charge in [-0.15, -0.1) is 0 Å². The molecular weight excluding hydrogens is 404 g/mol. The third-order valence-corrected chi connectivity index (χ3v) is 8.06. The van der Waals surface area contributed by atoms with Gasteiger partial charge < -0.3 is 0 Å². The fourth-order valence-electron chi connectivity index (χ4n) is 4.03. The number of hydrogen-bond donors (Lipinski definition) is 0. The maximum atomic E-state index is 4.66. The largest absolute Gasteiger partial charge is 0.265 e. The first-order valence-electron chi connectivity index (χ1n) is 11.0. The number of pyridine rings is 2. The molecule has 2 nitrogen and oxygen atoms in total. The Balaban J connectivity index is 1.43. The predicted octanol–water partition coefficient (Wildman–Crippen LogP) is 7.18. The summed E-state index contributed by atoms with van der Waals surface area (Å²) in [5.41, 5.74) is 6.87. The summed E-state index contributed by atoms with van der Waals surface area (Å²) in [5, 5.41) is 3.99. The van der Waals surface area contributed by atoms with E-state index in [-0.39, 0.29) is 0 Å². The van der Waals surface area contributed by atoms with Gasteiger partial charge in [0.15, 0.2) is 0 Å². The topological polar surface area (TPSA) is 25.8 Å². The second kappa shape index (κ2) is 8.17. The molecular formula is C29H26N2Si. The molecule has 0 spiro atoms. The van der Waals surface area contributed by atoms with E-state index in [2.05, 4.69) is 102 Å². The van der Waals surface area contributed by atoms with Gasteiger partial charge in [-0.3, -0.25) is 9.97 Å². The minimum Gasteiger partial charge on any atom is -0.265 e. The summed E-state index contributed by atoms with van der Waals surface area (Å²) in [7, 11) is -1.27. The first-order valence-corrected chi connectivity index (χ1v) is 14.5. The summed E-state index contributed by atoms with van der Waals surface area (Å²) in [6.07, 6.45) is 5.54. The highest BCUT2D eigenvalue weighted by molar-refractivity contribution is 6.88. The van der Waals surface area contributed by atoms with Gasteiger partial charge in [0.2, 0.25) is 0 Å². The summed E-state index contributed by atoms with van der Waals surface area (Å²) in [6.45, 7) is 7.16. The van der Waals surface area contributed by atoms with Gasteiger partial charge in [-0.05, 0) is 57.8 Å². The summed E-state index contributed by atoms with van der Waals surface area (Å²) in [6, 6.07) is 30.7. The predicted molar refractivity (Wildman–Crippen MR) is 139 cm³/mol. The van der Waals surface area contributed by atoms with Crippen LogP contribution < -0.4 is 5.19 Å². The van der Waals surface area contributed by atoms with Crippen molar-refractivity contribution < 1.29 is 0 Å². The Kier molecular flexibility index (Phi) is 5.20. The van der Waals surface area contributed by atoms with Crippen molar-refractivity contribution in [2.24, 2.45) is 0 Å². The fraction of sp³-hybridized carbons (Fsp3) is 0.103. The molecule has 0 amide bonds. The molecule has 0 saturated heterocycles. The molecule has 0 saturated carbocycles. The van der Waals surface area contributed by atoms with Gasteiger partial charge in [0.1, 0.15) is 0 Å². The van der Waals surface area contributed by atoms with Crippen molar-refractivity contribution in [3.05, 3.63) is 104 Å². The lowest BCUT2D eigenvalue weighted by atomic mass is 9.98. The van der Waals surface area contributed by atoms with E-state index < -0.39 is 8.07 Å². The van der Waals surface area contributed by atoms with E-state index in [9.17, 15) is 0 Å². The molecule has 0 bridgehead atoms. The molecule has 3 heteroatoms. The standard InChI is InChI=1S/C29H26N2Si/c1-32(2,3)28-11-8-21(9-12-28)23-4-5-25-19-26(7-6-24(25)18-23)27-10-13-29(31-20-27)22-14-16-30-17-15-22/h4-20H,1-3H3. The van der Waals surface area contributed by atoms with E-state index in [4.69, 9.17) is 0 Å². The number of nitrogens with zero attached hydrogens (tertiary/aromatic N) is 2. The molecule has 0 aliphatic rings. The Morgan fingerprint density at radius 1 is 0.531 bits per heavy atom. The van der Waals surface area contributed by atoms with Gasteiger partial charge in [-0.2, -0.15) is 0 Å². The smallest absolute Gasteiger partial charge is 0.0775 e. The first-order chi connectivity index (χ1) is 15.5. The molecule has 2 heterocycles. The Bertz CT molecular complexity index is 1370. The molecule has 2 aromatic heterocycles. The molecule has 156 valence electrons. The van der Waals surface area contributed by atoms with Crippen LogP contribution in [0.2, 0.25) is 19.6 Å². The van der Waals surface area contributed by atoms with Crippen molar-refractivity contribution in [2.45, 2.75) is 19.6 Å². The summed E-state index contributed by atoms with van der Waals surface area (Å²) < 4.78 is 0. The molecule has 0 unspecified atom stereocenters. The highest BCUT2D eigenvalue weighted by Crippen LogP contribution is 2.29. The molecule has 0 radical (unpaired) electrons. The van der Waals surface area contributed by atoms with E-state index in [1.54, 1.807) is 12.4 Å². The SMILES string of the molecule is C[Si](C)(C)c1ccc(-c2ccc3cc(-c4ccc(-c5ccncc5)nc4)ccc3c2)cc1. The average Bonchev–Trinajstić information content (AvgIpc) is 2.83. The molecule has 5 rings (SSSR count). The summed E-state index contributed by atoms with van der Waals surface area (Å²) >= 11 is 0. The first kappa shape index (κ1) is 20.3. The lowest BCUT2D eigenvalue weighted by Crippen LogP contribution is -2.37. The van der Waals surface area contributed by atoms with Crippen LogP contribution in [0.1, 0.15) is 0 Å². The lowest BCUT2D eigenvalue weighted by Gasteiger charge is -2.17. The van der Waals surface area contributed by atoms with E-state index in [0.29, 0.717) is 0 Å². The van der Waals surface area contributed by atoms with Gasteiger partial charge in [0.25, 0.3) is 0 Å². The van der Waals surface area contributed by atoms with E-state index in [0.717, 1.165) is 16.8 Å². The third kappa shape index (κ3) is 4.12. The molecule has 0 N–H and O–H groups in total.